The quantitative estimate of drug-likeness (QED) is 0.372. The third-order valence-corrected chi connectivity index (χ3v) is 3.24. The summed E-state index contributed by atoms with van der Waals surface area (Å²) in [7, 11) is 1.60. The maximum atomic E-state index is 11.5. The number of guanidine groups is 1. The third-order valence-electron chi connectivity index (χ3n) is 2.36. The summed E-state index contributed by atoms with van der Waals surface area (Å²) in [5.74, 6) is 0.526. The van der Waals surface area contributed by atoms with Crippen LogP contribution in [-0.4, -0.2) is 45.2 Å². The van der Waals surface area contributed by atoms with E-state index >= 15 is 0 Å². The molecule has 3 N–H and O–H groups in total. The second kappa shape index (κ2) is 10.2. The Bertz CT molecular complexity index is 407. The summed E-state index contributed by atoms with van der Waals surface area (Å²) in [6, 6.07) is 4.06. The van der Waals surface area contributed by atoms with E-state index in [9.17, 15) is 4.79 Å². The molecule has 1 heterocycles. The molecule has 1 aromatic rings. The smallest absolute Gasteiger partial charge is 0.241 e. The fraction of sp³-hybridized carbons (Fsp3) is 0.538. The number of amides is 1. The minimum absolute atomic E-state index is 0.101. The van der Waals surface area contributed by atoms with Crippen molar-refractivity contribution in [2.45, 2.75) is 13.5 Å². The second-order valence-corrected chi connectivity index (χ2v) is 5.00. The highest BCUT2D eigenvalue weighted by Gasteiger charge is 2.02. The largest absolute Gasteiger partial charge is 0.383 e. The van der Waals surface area contributed by atoms with Gasteiger partial charge in [0.15, 0.2) is 5.96 Å². The van der Waals surface area contributed by atoms with Crippen LogP contribution in [0.3, 0.4) is 0 Å². The van der Waals surface area contributed by atoms with E-state index < -0.39 is 0 Å². The van der Waals surface area contributed by atoms with Crippen LogP contribution in [0.2, 0.25) is 0 Å². The number of aliphatic imine (C=N–C) groups is 1. The molecule has 0 aliphatic rings. The zero-order chi connectivity index (χ0) is 14.6. The molecule has 0 fully saturated rings. The molecule has 7 heteroatoms. The highest BCUT2D eigenvalue weighted by atomic mass is 32.1. The zero-order valence-corrected chi connectivity index (χ0v) is 12.8. The lowest BCUT2D eigenvalue weighted by Gasteiger charge is -2.10. The normalized spacial score (nSPS) is 11.2. The van der Waals surface area contributed by atoms with E-state index in [-0.39, 0.29) is 12.5 Å². The number of rotatable bonds is 8. The van der Waals surface area contributed by atoms with Crippen molar-refractivity contribution in [2.75, 3.05) is 33.4 Å². The SMILES string of the molecule is CCNC(=NCC(=O)NCCOC)NCc1cccs1. The zero-order valence-electron chi connectivity index (χ0n) is 11.9. The van der Waals surface area contributed by atoms with Gasteiger partial charge in [-0.3, -0.25) is 4.79 Å². The number of nitrogens with one attached hydrogen (secondary N) is 3. The van der Waals surface area contributed by atoms with Crippen molar-refractivity contribution < 1.29 is 9.53 Å². The van der Waals surface area contributed by atoms with Gasteiger partial charge >= 0.3 is 0 Å². The molecule has 20 heavy (non-hydrogen) atoms. The van der Waals surface area contributed by atoms with Crippen molar-refractivity contribution in [3.8, 4) is 0 Å². The van der Waals surface area contributed by atoms with Crippen LogP contribution in [-0.2, 0) is 16.1 Å². The van der Waals surface area contributed by atoms with E-state index in [1.54, 1.807) is 18.4 Å². The lowest BCUT2D eigenvalue weighted by molar-refractivity contribution is -0.119. The number of hydrogen-bond acceptors (Lipinski definition) is 4. The lowest BCUT2D eigenvalue weighted by Crippen LogP contribution is -2.38. The molecule has 1 amide bonds. The van der Waals surface area contributed by atoms with Crippen LogP contribution in [0.25, 0.3) is 0 Å². The Labute approximate surface area is 123 Å². The molecule has 0 atom stereocenters. The van der Waals surface area contributed by atoms with Crippen LogP contribution < -0.4 is 16.0 Å². The molecule has 0 unspecified atom stereocenters. The Hall–Kier alpha value is -1.60. The molecule has 6 nitrogen and oxygen atoms in total. The average Bonchev–Trinajstić information content (AvgIpc) is 2.95. The van der Waals surface area contributed by atoms with Gasteiger partial charge in [0.1, 0.15) is 6.54 Å². The van der Waals surface area contributed by atoms with Gasteiger partial charge in [-0.05, 0) is 18.4 Å². The first-order chi connectivity index (χ1) is 9.76. The first kappa shape index (κ1) is 16.5. The van der Waals surface area contributed by atoms with Crippen molar-refractivity contribution in [2.24, 2.45) is 4.99 Å². The molecule has 1 aromatic heterocycles. The minimum atomic E-state index is -0.115. The van der Waals surface area contributed by atoms with Crippen molar-refractivity contribution >= 4 is 23.2 Å². The van der Waals surface area contributed by atoms with E-state index in [1.807, 2.05) is 18.4 Å². The van der Waals surface area contributed by atoms with Gasteiger partial charge in [-0.15, -0.1) is 11.3 Å². The van der Waals surface area contributed by atoms with Gasteiger partial charge in [-0.1, -0.05) is 6.07 Å². The molecule has 0 saturated carbocycles. The number of carbonyl (C=O) groups excluding carboxylic acids is 1. The number of carbonyl (C=O) groups is 1. The van der Waals surface area contributed by atoms with Gasteiger partial charge in [0.2, 0.25) is 5.91 Å². The van der Waals surface area contributed by atoms with Crippen LogP contribution in [0.4, 0.5) is 0 Å². The topological polar surface area (TPSA) is 74.8 Å². The standard InChI is InChI=1S/C13H22N4O2S/c1-3-14-13(16-9-11-5-4-8-20-11)17-10-12(18)15-6-7-19-2/h4-5,8H,3,6-7,9-10H2,1-2H3,(H,15,18)(H2,14,16,17). The second-order valence-electron chi connectivity index (χ2n) is 3.97. The first-order valence-electron chi connectivity index (χ1n) is 6.56. The van der Waals surface area contributed by atoms with Crippen LogP contribution in [0, 0.1) is 0 Å². The number of nitrogens with zero attached hydrogens (tertiary/aromatic N) is 1. The molecule has 112 valence electrons. The molecule has 1 rings (SSSR count). The summed E-state index contributed by atoms with van der Waals surface area (Å²) in [4.78, 5) is 17.0. The summed E-state index contributed by atoms with van der Waals surface area (Å²) >= 11 is 1.68. The molecular formula is C13H22N4O2S. The van der Waals surface area contributed by atoms with Gasteiger partial charge in [-0.25, -0.2) is 4.99 Å². The molecule has 0 spiro atoms. The van der Waals surface area contributed by atoms with Crippen LogP contribution in [0.15, 0.2) is 22.5 Å². The molecular weight excluding hydrogens is 276 g/mol. The predicted molar refractivity (Wildman–Crippen MR) is 82.0 cm³/mol. The van der Waals surface area contributed by atoms with E-state index in [0.29, 0.717) is 25.7 Å². The van der Waals surface area contributed by atoms with Gasteiger partial charge in [-0.2, -0.15) is 0 Å². The van der Waals surface area contributed by atoms with Crippen molar-refractivity contribution in [3.05, 3.63) is 22.4 Å². The Morgan fingerprint density at radius 3 is 2.90 bits per heavy atom. The Morgan fingerprint density at radius 1 is 1.40 bits per heavy atom. The monoisotopic (exact) mass is 298 g/mol. The highest BCUT2D eigenvalue weighted by Crippen LogP contribution is 2.06. The molecule has 0 saturated heterocycles. The number of thiophene rings is 1. The Kier molecular flexibility index (Phi) is 8.41. The first-order valence-corrected chi connectivity index (χ1v) is 7.44. The minimum Gasteiger partial charge on any atom is -0.383 e. The van der Waals surface area contributed by atoms with E-state index in [1.165, 1.54) is 4.88 Å². The summed E-state index contributed by atoms with van der Waals surface area (Å²) < 4.78 is 4.86. The van der Waals surface area contributed by atoms with Gasteiger partial charge in [0, 0.05) is 25.1 Å². The van der Waals surface area contributed by atoms with E-state index in [4.69, 9.17) is 4.74 Å². The number of ether oxygens (including phenoxy) is 1. The fourth-order valence-electron chi connectivity index (χ4n) is 1.43. The van der Waals surface area contributed by atoms with Gasteiger partial charge < -0.3 is 20.7 Å². The third kappa shape index (κ3) is 7.10. The summed E-state index contributed by atoms with van der Waals surface area (Å²) in [6.45, 7) is 4.55. The van der Waals surface area contributed by atoms with Crippen LogP contribution in [0.1, 0.15) is 11.8 Å². The number of hydrogen-bond donors (Lipinski definition) is 3. The van der Waals surface area contributed by atoms with E-state index in [2.05, 4.69) is 27.0 Å². The summed E-state index contributed by atoms with van der Waals surface area (Å²) in [5, 5.41) is 11.1. The van der Waals surface area contributed by atoms with Gasteiger partial charge in [0.05, 0.1) is 13.2 Å². The molecule has 0 bridgehead atoms. The predicted octanol–water partition coefficient (Wildman–Crippen LogP) is 0.566. The molecule has 0 radical (unpaired) electrons. The van der Waals surface area contributed by atoms with Crippen LogP contribution in [0.5, 0.6) is 0 Å². The highest BCUT2D eigenvalue weighted by molar-refractivity contribution is 7.09. The Balaban J connectivity index is 2.35. The van der Waals surface area contributed by atoms with Crippen LogP contribution >= 0.6 is 11.3 Å². The van der Waals surface area contributed by atoms with Crippen molar-refractivity contribution in [1.29, 1.82) is 0 Å². The lowest BCUT2D eigenvalue weighted by atomic mass is 10.4. The van der Waals surface area contributed by atoms with Crippen molar-refractivity contribution in [1.82, 2.24) is 16.0 Å². The Morgan fingerprint density at radius 2 is 2.25 bits per heavy atom. The van der Waals surface area contributed by atoms with E-state index in [0.717, 1.165) is 6.54 Å². The maximum absolute atomic E-state index is 11.5. The molecule has 0 aliphatic heterocycles. The van der Waals surface area contributed by atoms with Crippen molar-refractivity contribution in [3.63, 3.8) is 0 Å². The maximum Gasteiger partial charge on any atom is 0.241 e. The number of methoxy groups -OCH3 is 1. The molecule has 0 aliphatic carbocycles. The average molecular weight is 298 g/mol. The summed E-state index contributed by atoms with van der Waals surface area (Å²) in [6.07, 6.45) is 0. The van der Waals surface area contributed by atoms with Gasteiger partial charge in [0.25, 0.3) is 0 Å². The summed E-state index contributed by atoms with van der Waals surface area (Å²) in [5.41, 5.74) is 0. The fourth-order valence-corrected chi connectivity index (χ4v) is 2.07. The molecule has 0 aromatic carbocycles.